The van der Waals surface area contributed by atoms with Gasteiger partial charge in [0, 0.05) is 12.7 Å². The van der Waals surface area contributed by atoms with Crippen LogP contribution < -0.4 is 16.4 Å². The maximum Gasteiger partial charge on any atom is 0.325 e. The number of nitrogens with two attached hydrogens (primary N) is 2. The molecule has 1 aromatic carbocycles. The average Bonchev–Trinajstić information content (AvgIpc) is 2.26. The van der Waals surface area contributed by atoms with Gasteiger partial charge >= 0.3 is 12.0 Å². The maximum atomic E-state index is 10.9. The van der Waals surface area contributed by atoms with Crippen LogP contribution in [0.25, 0.3) is 0 Å². The van der Waals surface area contributed by atoms with Gasteiger partial charge in [0.05, 0.1) is 0 Å². The standard InChI is InChI=1S/C10H13N3O3/c1-13(10(12)16)7-4-2-3-6(5-7)8(11)9(14)15/h2-5,8H,11H2,1H3,(H2,12,16)(H,14,15). The van der Waals surface area contributed by atoms with E-state index in [1.54, 1.807) is 18.2 Å². The summed E-state index contributed by atoms with van der Waals surface area (Å²) in [6, 6.07) is 4.62. The maximum absolute atomic E-state index is 10.9. The summed E-state index contributed by atoms with van der Waals surface area (Å²) in [5.74, 6) is -1.13. The molecule has 0 radical (unpaired) electrons. The smallest absolute Gasteiger partial charge is 0.325 e. The first kappa shape index (κ1) is 12.0. The Bertz CT molecular complexity index is 384. The van der Waals surface area contributed by atoms with Gasteiger partial charge in [-0.25, -0.2) is 4.79 Å². The van der Waals surface area contributed by atoms with Crippen LogP contribution in [-0.4, -0.2) is 24.2 Å². The number of primary amides is 1. The summed E-state index contributed by atoms with van der Waals surface area (Å²) in [5.41, 5.74) is 11.5. The van der Waals surface area contributed by atoms with E-state index < -0.39 is 18.0 Å². The van der Waals surface area contributed by atoms with E-state index in [1.165, 1.54) is 18.0 Å². The van der Waals surface area contributed by atoms with Crippen molar-refractivity contribution in [2.24, 2.45) is 11.5 Å². The van der Waals surface area contributed by atoms with E-state index in [1.807, 2.05) is 0 Å². The molecule has 1 rings (SSSR count). The Morgan fingerprint density at radius 1 is 1.44 bits per heavy atom. The van der Waals surface area contributed by atoms with Crippen molar-refractivity contribution in [1.82, 2.24) is 0 Å². The first-order valence-corrected chi connectivity index (χ1v) is 4.55. The van der Waals surface area contributed by atoms with Gasteiger partial charge < -0.3 is 16.6 Å². The number of carbonyl (C=O) groups is 2. The predicted molar refractivity (Wildman–Crippen MR) is 59.0 cm³/mol. The van der Waals surface area contributed by atoms with Crippen molar-refractivity contribution in [2.75, 3.05) is 11.9 Å². The first-order valence-electron chi connectivity index (χ1n) is 4.55. The average molecular weight is 223 g/mol. The molecule has 5 N–H and O–H groups in total. The van der Waals surface area contributed by atoms with Crippen molar-refractivity contribution < 1.29 is 14.7 Å². The zero-order valence-corrected chi connectivity index (χ0v) is 8.75. The van der Waals surface area contributed by atoms with Crippen LogP contribution in [0, 0.1) is 0 Å². The Balaban J connectivity index is 3.04. The van der Waals surface area contributed by atoms with E-state index in [4.69, 9.17) is 16.6 Å². The number of carbonyl (C=O) groups excluding carboxylic acids is 1. The molecule has 0 bridgehead atoms. The van der Waals surface area contributed by atoms with Gasteiger partial charge in [-0.15, -0.1) is 0 Å². The van der Waals surface area contributed by atoms with Crippen LogP contribution in [0.3, 0.4) is 0 Å². The minimum absolute atomic E-state index is 0.415. The summed E-state index contributed by atoms with van der Waals surface area (Å²) in [7, 11) is 1.49. The molecule has 6 nitrogen and oxygen atoms in total. The fraction of sp³-hybridized carbons (Fsp3) is 0.200. The molecule has 0 saturated heterocycles. The Kier molecular flexibility index (Phi) is 3.47. The van der Waals surface area contributed by atoms with Gasteiger partial charge in [-0.1, -0.05) is 12.1 Å². The van der Waals surface area contributed by atoms with Gasteiger partial charge in [-0.05, 0) is 17.7 Å². The fourth-order valence-electron chi connectivity index (χ4n) is 1.20. The highest BCUT2D eigenvalue weighted by molar-refractivity contribution is 5.90. The van der Waals surface area contributed by atoms with Crippen molar-refractivity contribution in [3.8, 4) is 0 Å². The lowest BCUT2D eigenvalue weighted by Gasteiger charge is -2.16. The second-order valence-electron chi connectivity index (χ2n) is 3.31. The van der Waals surface area contributed by atoms with Crippen LogP contribution >= 0.6 is 0 Å². The second-order valence-corrected chi connectivity index (χ2v) is 3.31. The molecule has 2 amide bonds. The highest BCUT2D eigenvalue weighted by Gasteiger charge is 2.15. The number of anilines is 1. The van der Waals surface area contributed by atoms with Crippen molar-refractivity contribution >= 4 is 17.7 Å². The summed E-state index contributed by atoms with van der Waals surface area (Å²) in [6.07, 6.45) is 0. The Morgan fingerprint density at radius 3 is 2.56 bits per heavy atom. The van der Waals surface area contributed by atoms with Crippen LogP contribution in [0.15, 0.2) is 24.3 Å². The number of hydrogen-bond donors (Lipinski definition) is 3. The molecule has 16 heavy (non-hydrogen) atoms. The van der Waals surface area contributed by atoms with E-state index in [9.17, 15) is 9.59 Å². The summed E-state index contributed by atoms with van der Waals surface area (Å²) >= 11 is 0. The molecule has 0 aliphatic heterocycles. The Hall–Kier alpha value is -2.08. The topological polar surface area (TPSA) is 110 Å². The van der Waals surface area contributed by atoms with Crippen LogP contribution in [-0.2, 0) is 4.79 Å². The summed E-state index contributed by atoms with van der Waals surface area (Å²) in [4.78, 5) is 22.8. The third kappa shape index (κ3) is 2.48. The molecule has 1 atom stereocenters. The summed E-state index contributed by atoms with van der Waals surface area (Å²) in [5, 5.41) is 8.74. The minimum atomic E-state index is -1.13. The largest absolute Gasteiger partial charge is 0.480 e. The van der Waals surface area contributed by atoms with Gasteiger partial charge in [-0.2, -0.15) is 0 Å². The number of nitrogens with zero attached hydrogens (tertiary/aromatic N) is 1. The SMILES string of the molecule is CN(C(N)=O)c1cccc(C(N)C(=O)O)c1. The van der Waals surface area contributed by atoms with E-state index in [-0.39, 0.29) is 0 Å². The number of urea groups is 1. The summed E-state index contributed by atoms with van der Waals surface area (Å²) < 4.78 is 0. The van der Waals surface area contributed by atoms with E-state index in [0.717, 1.165) is 0 Å². The molecule has 0 aliphatic carbocycles. The zero-order valence-electron chi connectivity index (χ0n) is 8.75. The molecule has 0 aliphatic rings. The molecule has 1 aromatic rings. The molecule has 0 aromatic heterocycles. The third-order valence-corrected chi connectivity index (χ3v) is 2.21. The molecule has 0 spiro atoms. The highest BCUT2D eigenvalue weighted by atomic mass is 16.4. The second kappa shape index (κ2) is 4.63. The number of aliphatic carboxylic acids is 1. The number of carboxylic acids is 1. The number of hydrogen-bond acceptors (Lipinski definition) is 3. The molecule has 1 unspecified atom stereocenters. The number of amides is 2. The number of carboxylic acid groups (broad SMARTS) is 1. The molecular formula is C10H13N3O3. The molecule has 0 saturated carbocycles. The minimum Gasteiger partial charge on any atom is -0.480 e. The van der Waals surface area contributed by atoms with Gasteiger partial charge in [0.1, 0.15) is 6.04 Å². The van der Waals surface area contributed by atoms with Crippen LogP contribution in [0.5, 0.6) is 0 Å². The first-order chi connectivity index (χ1) is 7.43. The fourth-order valence-corrected chi connectivity index (χ4v) is 1.20. The van der Waals surface area contributed by atoms with Crippen LogP contribution in [0.4, 0.5) is 10.5 Å². The lowest BCUT2D eigenvalue weighted by molar-refractivity contribution is -0.138. The molecular weight excluding hydrogens is 210 g/mol. The van der Waals surface area contributed by atoms with Crippen molar-refractivity contribution in [2.45, 2.75) is 6.04 Å². The Morgan fingerprint density at radius 2 is 2.06 bits per heavy atom. The van der Waals surface area contributed by atoms with E-state index in [0.29, 0.717) is 11.3 Å². The monoisotopic (exact) mass is 223 g/mol. The van der Waals surface area contributed by atoms with Gasteiger partial charge in [-0.3, -0.25) is 9.69 Å². The Labute approximate surface area is 92.4 Å². The summed E-state index contributed by atoms with van der Waals surface area (Å²) in [6.45, 7) is 0. The lowest BCUT2D eigenvalue weighted by Crippen LogP contribution is -2.32. The third-order valence-electron chi connectivity index (χ3n) is 2.21. The van der Waals surface area contributed by atoms with E-state index >= 15 is 0 Å². The van der Waals surface area contributed by atoms with Crippen LogP contribution in [0.2, 0.25) is 0 Å². The van der Waals surface area contributed by atoms with Gasteiger partial charge in [0.2, 0.25) is 0 Å². The van der Waals surface area contributed by atoms with Crippen molar-refractivity contribution in [3.05, 3.63) is 29.8 Å². The number of rotatable bonds is 3. The molecule has 86 valence electrons. The molecule has 6 heteroatoms. The zero-order chi connectivity index (χ0) is 12.3. The number of benzene rings is 1. The molecule has 0 fully saturated rings. The van der Waals surface area contributed by atoms with Crippen molar-refractivity contribution in [1.29, 1.82) is 0 Å². The predicted octanol–water partition coefficient (Wildman–Crippen LogP) is 0.286. The van der Waals surface area contributed by atoms with E-state index in [2.05, 4.69) is 0 Å². The highest BCUT2D eigenvalue weighted by Crippen LogP contribution is 2.18. The normalized spacial score (nSPS) is 11.9. The van der Waals surface area contributed by atoms with Gasteiger partial charge in [0.15, 0.2) is 0 Å². The lowest BCUT2D eigenvalue weighted by atomic mass is 10.1. The van der Waals surface area contributed by atoms with Gasteiger partial charge in [0.25, 0.3) is 0 Å². The molecule has 0 heterocycles. The quantitative estimate of drug-likeness (QED) is 0.683. The van der Waals surface area contributed by atoms with Crippen molar-refractivity contribution in [3.63, 3.8) is 0 Å². The van der Waals surface area contributed by atoms with Crippen LogP contribution in [0.1, 0.15) is 11.6 Å².